The summed E-state index contributed by atoms with van der Waals surface area (Å²) in [4.78, 5) is 0. The van der Waals surface area contributed by atoms with Crippen molar-refractivity contribution in [2.45, 2.75) is 39.0 Å². The summed E-state index contributed by atoms with van der Waals surface area (Å²) in [7, 11) is 1.68. The molecule has 1 unspecified atom stereocenters. The molecular weight excluding hydrogens is 236 g/mol. The van der Waals surface area contributed by atoms with Crippen LogP contribution in [-0.4, -0.2) is 12.9 Å². The Labute approximate surface area is 116 Å². The first-order valence-corrected chi connectivity index (χ1v) is 6.92. The molecule has 0 aliphatic rings. The van der Waals surface area contributed by atoms with Gasteiger partial charge < -0.3 is 10.5 Å². The molecule has 0 aromatic heterocycles. The van der Waals surface area contributed by atoms with E-state index < -0.39 is 0 Å². The Morgan fingerprint density at radius 3 is 2.58 bits per heavy atom. The van der Waals surface area contributed by atoms with Gasteiger partial charge in [-0.3, -0.25) is 5.41 Å². The molecule has 3 nitrogen and oxygen atoms in total. The minimum atomic E-state index is 0.303. The maximum Gasteiger partial charge on any atom is 0.118 e. The van der Waals surface area contributed by atoms with E-state index in [1.807, 2.05) is 12.1 Å². The molecule has 0 heterocycles. The molecule has 0 saturated carbocycles. The number of nitrogens with one attached hydrogen (secondary N) is 1. The van der Waals surface area contributed by atoms with E-state index in [0.29, 0.717) is 11.8 Å². The van der Waals surface area contributed by atoms with Crippen LogP contribution in [0.4, 0.5) is 0 Å². The summed E-state index contributed by atoms with van der Waals surface area (Å²) >= 11 is 0. The second-order valence-electron chi connectivity index (χ2n) is 5.09. The van der Waals surface area contributed by atoms with Crippen LogP contribution < -0.4 is 10.5 Å². The molecule has 3 heteroatoms. The molecule has 0 spiro atoms. The first kappa shape index (κ1) is 15.5. The third-order valence-corrected chi connectivity index (χ3v) is 3.26. The Morgan fingerprint density at radius 1 is 1.32 bits per heavy atom. The van der Waals surface area contributed by atoms with Crippen molar-refractivity contribution in [3.63, 3.8) is 0 Å². The van der Waals surface area contributed by atoms with Crippen molar-refractivity contribution < 1.29 is 4.74 Å². The molecule has 0 fully saturated rings. The number of benzene rings is 1. The molecule has 105 valence electrons. The Morgan fingerprint density at radius 2 is 2.00 bits per heavy atom. The lowest BCUT2D eigenvalue weighted by Gasteiger charge is -2.11. The fourth-order valence-corrected chi connectivity index (χ4v) is 2.00. The lowest BCUT2D eigenvalue weighted by molar-refractivity contribution is 0.414. The average molecular weight is 261 g/mol. The third-order valence-electron chi connectivity index (χ3n) is 3.26. The molecule has 1 rings (SSSR count). The molecule has 0 aliphatic carbocycles. The normalized spacial score (nSPS) is 12.1. The first-order chi connectivity index (χ1) is 9.11. The van der Waals surface area contributed by atoms with Crippen LogP contribution in [0.25, 0.3) is 0 Å². The number of unbranched alkanes of at least 4 members (excludes halogenated alkanes) is 1. The number of hydrogen-bond acceptors (Lipinski definition) is 2. The minimum absolute atomic E-state index is 0.303. The molecule has 0 bridgehead atoms. The van der Waals surface area contributed by atoms with Crippen molar-refractivity contribution in [3.05, 3.63) is 36.2 Å². The predicted octanol–water partition coefficient (Wildman–Crippen LogP) is 3.77. The second kappa shape index (κ2) is 8.57. The van der Waals surface area contributed by atoms with Gasteiger partial charge >= 0.3 is 0 Å². The van der Waals surface area contributed by atoms with Gasteiger partial charge in [-0.2, -0.15) is 0 Å². The maximum absolute atomic E-state index is 7.17. The monoisotopic (exact) mass is 261 g/mol. The molecule has 1 aromatic rings. The van der Waals surface area contributed by atoms with Crippen LogP contribution in [0.5, 0.6) is 5.75 Å². The Balaban J connectivity index is 2.18. The highest BCUT2D eigenvalue weighted by Crippen LogP contribution is 2.19. The number of hydrogen-bond donors (Lipinski definition) is 2. The Kier molecular flexibility index (Phi) is 7.01. The van der Waals surface area contributed by atoms with Gasteiger partial charge in [0.2, 0.25) is 0 Å². The summed E-state index contributed by atoms with van der Waals surface area (Å²) in [5.74, 6) is 1.88. The third kappa shape index (κ3) is 6.85. The van der Waals surface area contributed by atoms with E-state index in [-0.39, 0.29) is 0 Å². The van der Waals surface area contributed by atoms with Gasteiger partial charge in [0.25, 0.3) is 0 Å². The van der Waals surface area contributed by atoms with Crippen LogP contribution in [0.3, 0.4) is 0 Å². The summed E-state index contributed by atoms with van der Waals surface area (Å²) in [5.41, 5.74) is 6.58. The van der Waals surface area contributed by atoms with Gasteiger partial charge in [-0.25, -0.2) is 0 Å². The van der Waals surface area contributed by atoms with Gasteiger partial charge in [0.05, 0.1) is 12.9 Å². The number of methoxy groups -OCH3 is 1. The van der Waals surface area contributed by atoms with Crippen molar-refractivity contribution in [2.75, 3.05) is 7.11 Å². The van der Waals surface area contributed by atoms with Gasteiger partial charge in [0.1, 0.15) is 5.75 Å². The number of rotatable bonds is 9. The lowest BCUT2D eigenvalue weighted by atomic mass is 9.95. The number of amidine groups is 1. The largest absolute Gasteiger partial charge is 0.497 e. The van der Waals surface area contributed by atoms with Crippen LogP contribution >= 0.6 is 0 Å². The minimum Gasteiger partial charge on any atom is -0.497 e. The maximum atomic E-state index is 7.17. The van der Waals surface area contributed by atoms with Crippen molar-refractivity contribution in [1.29, 1.82) is 5.41 Å². The summed E-state index contributed by atoms with van der Waals surface area (Å²) in [6.45, 7) is 2.27. The standard InChI is InChI=1S/C16H25N2O/c1-13(5-3-4-6-16(17)18)7-8-14-9-11-15(19-2)12-10-14/h8-13H,3-7H2,1-2H3,(H3,17,18). The second-order valence-corrected chi connectivity index (χ2v) is 5.09. The summed E-state index contributed by atoms with van der Waals surface area (Å²) in [5, 5.41) is 7.17. The summed E-state index contributed by atoms with van der Waals surface area (Å²) in [6.07, 6.45) is 7.47. The molecule has 0 aliphatic heterocycles. The summed E-state index contributed by atoms with van der Waals surface area (Å²) in [6, 6.07) is 8.15. The quantitative estimate of drug-likeness (QED) is 0.404. The number of ether oxygens (including phenoxy) is 1. The van der Waals surface area contributed by atoms with Crippen molar-refractivity contribution in [1.82, 2.24) is 0 Å². The van der Waals surface area contributed by atoms with Gasteiger partial charge in [0, 0.05) is 6.42 Å². The topological polar surface area (TPSA) is 59.1 Å². The smallest absolute Gasteiger partial charge is 0.118 e. The molecule has 3 N–H and O–H groups in total. The van der Waals surface area contributed by atoms with Gasteiger partial charge in [-0.05, 0) is 42.9 Å². The van der Waals surface area contributed by atoms with Crippen molar-refractivity contribution in [2.24, 2.45) is 11.7 Å². The van der Waals surface area contributed by atoms with Gasteiger partial charge in [-0.15, -0.1) is 0 Å². The molecule has 1 aromatic carbocycles. The van der Waals surface area contributed by atoms with Crippen LogP contribution in [-0.2, 0) is 0 Å². The molecular formula is C16H25N2O. The fourth-order valence-electron chi connectivity index (χ4n) is 2.00. The average Bonchev–Trinajstić information content (AvgIpc) is 2.41. The van der Waals surface area contributed by atoms with E-state index in [4.69, 9.17) is 15.9 Å². The van der Waals surface area contributed by atoms with Crippen LogP contribution in [0.15, 0.2) is 24.3 Å². The zero-order valence-electron chi connectivity index (χ0n) is 12.0. The molecule has 19 heavy (non-hydrogen) atoms. The van der Waals surface area contributed by atoms with E-state index in [1.54, 1.807) is 7.11 Å². The fraction of sp³-hybridized carbons (Fsp3) is 0.500. The lowest BCUT2D eigenvalue weighted by Crippen LogP contribution is -2.08. The highest BCUT2D eigenvalue weighted by Gasteiger charge is 2.04. The highest BCUT2D eigenvalue weighted by atomic mass is 16.5. The highest BCUT2D eigenvalue weighted by molar-refractivity contribution is 5.76. The first-order valence-electron chi connectivity index (χ1n) is 6.92. The zero-order chi connectivity index (χ0) is 14.1. The number of nitrogens with two attached hydrogens (primary N) is 1. The van der Waals surface area contributed by atoms with E-state index >= 15 is 0 Å². The molecule has 0 saturated heterocycles. The zero-order valence-corrected chi connectivity index (χ0v) is 12.0. The van der Waals surface area contributed by atoms with Crippen LogP contribution in [0.1, 0.15) is 44.6 Å². The van der Waals surface area contributed by atoms with E-state index in [2.05, 4.69) is 25.5 Å². The van der Waals surface area contributed by atoms with Crippen molar-refractivity contribution >= 4 is 5.84 Å². The summed E-state index contributed by atoms with van der Waals surface area (Å²) < 4.78 is 5.14. The van der Waals surface area contributed by atoms with Gasteiger partial charge in [0.15, 0.2) is 0 Å². The molecule has 1 atom stereocenters. The molecule has 1 radical (unpaired) electrons. The van der Waals surface area contributed by atoms with E-state index in [9.17, 15) is 0 Å². The Hall–Kier alpha value is -1.51. The predicted molar refractivity (Wildman–Crippen MR) is 80.6 cm³/mol. The van der Waals surface area contributed by atoms with Gasteiger partial charge in [-0.1, -0.05) is 31.9 Å². The van der Waals surface area contributed by atoms with Crippen LogP contribution in [0, 0.1) is 17.7 Å². The van der Waals surface area contributed by atoms with Crippen LogP contribution in [0.2, 0.25) is 0 Å². The van der Waals surface area contributed by atoms with Crippen molar-refractivity contribution in [3.8, 4) is 5.75 Å². The van der Waals surface area contributed by atoms with E-state index in [1.165, 1.54) is 12.0 Å². The SMILES string of the molecule is COc1ccc([CH]CC(C)CCCCC(=N)N)cc1. The Bertz CT molecular complexity index is 373. The van der Waals surface area contributed by atoms with E-state index in [0.717, 1.165) is 31.4 Å². The molecule has 0 amide bonds.